The van der Waals surface area contributed by atoms with Gasteiger partial charge in [-0.2, -0.15) is 0 Å². The van der Waals surface area contributed by atoms with E-state index in [0.717, 1.165) is 5.56 Å². The zero-order chi connectivity index (χ0) is 11.4. The van der Waals surface area contributed by atoms with E-state index in [2.05, 4.69) is 0 Å². The highest BCUT2D eigenvalue weighted by molar-refractivity contribution is 5.86. The number of Topliss-reactive ketones (excluding diaryl/α,β-unsaturated/α-hetero) is 1. The topological polar surface area (TPSA) is 63.3 Å². The molecule has 1 unspecified atom stereocenters. The number of carbonyl (C=O) groups is 1. The smallest absolute Gasteiger partial charge is 0.154 e. The number of benzene rings is 1. The Balaban J connectivity index is 2.62. The third kappa shape index (κ3) is 3.36. The van der Waals surface area contributed by atoms with Crippen molar-refractivity contribution in [3.05, 3.63) is 29.8 Å². The molecule has 3 heteroatoms. The second-order valence-electron chi connectivity index (χ2n) is 4.08. The fourth-order valence-corrected chi connectivity index (χ4v) is 1.30. The zero-order valence-electron chi connectivity index (χ0n) is 9.10. The van der Waals surface area contributed by atoms with Crippen LogP contribution in [0.25, 0.3) is 0 Å². The van der Waals surface area contributed by atoms with Crippen LogP contribution in [0.3, 0.4) is 0 Å². The second kappa shape index (κ2) is 4.94. The van der Waals surface area contributed by atoms with Gasteiger partial charge in [0.05, 0.1) is 6.04 Å². The molecule has 82 valence electrons. The van der Waals surface area contributed by atoms with Gasteiger partial charge in [-0.15, -0.1) is 0 Å². The average Bonchev–Trinajstić information content (AvgIpc) is 2.20. The molecule has 3 N–H and O–H groups in total. The molecule has 1 rings (SSSR count). The lowest BCUT2D eigenvalue weighted by molar-refractivity contribution is -0.120. The Bertz CT molecular complexity index is 330. The van der Waals surface area contributed by atoms with Gasteiger partial charge >= 0.3 is 0 Å². The maximum atomic E-state index is 11.7. The number of carbonyl (C=O) groups excluding carboxylic acids is 1. The maximum Gasteiger partial charge on any atom is 0.154 e. The molecule has 0 aromatic heterocycles. The average molecular weight is 207 g/mol. The van der Waals surface area contributed by atoms with Gasteiger partial charge in [0, 0.05) is 6.42 Å². The van der Waals surface area contributed by atoms with E-state index in [9.17, 15) is 4.79 Å². The number of aromatic hydroxyl groups is 1. The SMILES string of the molecule is CC(C)C(N)C(=O)Cc1ccc(O)cc1. The van der Waals surface area contributed by atoms with Gasteiger partial charge in [0.1, 0.15) is 5.75 Å². The number of phenols is 1. The van der Waals surface area contributed by atoms with Gasteiger partial charge in [-0.05, 0) is 23.6 Å². The lowest BCUT2D eigenvalue weighted by atomic mass is 9.96. The highest BCUT2D eigenvalue weighted by Gasteiger charge is 2.17. The van der Waals surface area contributed by atoms with Gasteiger partial charge in [-0.3, -0.25) is 4.79 Å². The van der Waals surface area contributed by atoms with Gasteiger partial charge in [0.2, 0.25) is 0 Å². The van der Waals surface area contributed by atoms with Crippen molar-refractivity contribution in [3.63, 3.8) is 0 Å². The normalized spacial score (nSPS) is 12.8. The molecule has 1 aromatic carbocycles. The summed E-state index contributed by atoms with van der Waals surface area (Å²) >= 11 is 0. The molecule has 15 heavy (non-hydrogen) atoms. The Hall–Kier alpha value is -1.35. The molecule has 0 bridgehead atoms. The number of ketones is 1. The summed E-state index contributed by atoms with van der Waals surface area (Å²) < 4.78 is 0. The summed E-state index contributed by atoms with van der Waals surface area (Å²) in [6.45, 7) is 3.86. The summed E-state index contributed by atoms with van der Waals surface area (Å²) in [5.41, 5.74) is 6.62. The third-order valence-electron chi connectivity index (χ3n) is 2.40. The Morgan fingerprint density at radius 1 is 1.33 bits per heavy atom. The Labute approximate surface area is 89.9 Å². The Morgan fingerprint density at radius 2 is 1.87 bits per heavy atom. The van der Waals surface area contributed by atoms with Crippen LogP contribution < -0.4 is 5.73 Å². The van der Waals surface area contributed by atoms with E-state index in [1.54, 1.807) is 24.3 Å². The van der Waals surface area contributed by atoms with Crippen molar-refractivity contribution in [1.29, 1.82) is 0 Å². The first-order valence-electron chi connectivity index (χ1n) is 5.07. The largest absolute Gasteiger partial charge is 0.508 e. The minimum atomic E-state index is -0.404. The van der Waals surface area contributed by atoms with E-state index in [0.29, 0.717) is 6.42 Å². The number of phenolic OH excluding ortho intramolecular Hbond substituents is 1. The van der Waals surface area contributed by atoms with E-state index >= 15 is 0 Å². The van der Waals surface area contributed by atoms with Crippen LogP contribution >= 0.6 is 0 Å². The van der Waals surface area contributed by atoms with Crippen molar-refractivity contribution < 1.29 is 9.90 Å². The molecule has 0 spiro atoms. The third-order valence-corrected chi connectivity index (χ3v) is 2.40. The Kier molecular flexibility index (Phi) is 3.86. The molecule has 0 aliphatic carbocycles. The van der Waals surface area contributed by atoms with Crippen LogP contribution in [0.2, 0.25) is 0 Å². The van der Waals surface area contributed by atoms with Crippen molar-refractivity contribution in [3.8, 4) is 5.75 Å². The van der Waals surface area contributed by atoms with Gasteiger partial charge < -0.3 is 10.8 Å². The Morgan fingerprint density at radius 3 is 2.33 bits per heavy atom. The molecule has 0 heterocycles. The second-order valence-corrected chi connectivity index (χ2v) is 4.08. The lowest BCUT2D eigenvalue weighted by Crippen LogP contribution is -2.36. The van der Waals surface area contributed by atoms with Crippen LogP contribution in [0.1, 0.15) is 19.4 Å². The minimum absolute atomic E-state index is 0.0377. The van der Waals surface area contributed by atoms with E-state index in [4.69, 9.17) is 10.8 Å². The zero-order valence-corrected chi connectivity index (χ0v) is 9.10. The van der Waals surface area contributed by atoms with Crippen molar-refractivity contribution in [2.75, 3.05) is 0 Å². The summed E-state index contributed by atoms with van der Waals surface area (Å²) in [6.07, 6.45) is 0.333. The number of hydrogen-bond acceptors (Lipinski definition) is 3. The number of hydrogen-bond donors (Lipinski definition) is 2. The van der Waals surface area contributed by atoms with E-state index in [-0.39, 0.29) is 17.5 Å². The standard InChI is InChI=1S/C12H17NO2/c1-8(2)12(13)11(15)7-9-3-5-10(14)6-4-9/h3-6,8,12,14H,7,13H2,1-2H3. The molecule has 0 saturated carbocycles. The predicted molar refractivity (Wildman–Crippen MR) is 59.6 cm³/mol. The molecular weight excluding hydrogens is 190 g/mol. The molecule has 3 nitrogen and oxygen atoms in total. The fourth-order valence-electron chi connectivity index (χ4n) is 1.30. The van der Waals surface area contributed by atoms with Gasteiger partial charge in [-0.1, -0.05) is 26.0 Å². The molecule has 0 radical (unpaired) electrons. The summed E-state index contributed by atoms with van der Waals surface area (Å²) in [5.74, 6) is 0.407. The molecule has 0 amide bonds. The molecule has 1 atom stereocenters. The van der Waals surface area contributed by atoms with E-state index in [1.807, 2.05) is 13.8 Å². The summed E-state index contributed by atoms with van der Waals surface area (Å²) in [6, 6.07) is 6.21. The van der Waals surface area contributed by atoms with Crippen LogP contribution in [-0.2, 0) is 11.2 Å². The lowest BCUT2D eigenvalue weighted by Gasteiger charge is -2.13. The minimum Gasteiger partial charge on any atom is -0.508 e. The quantitative estimate of drug-likeness (QED) is 0.786. The highest BCUT2D eigenvalue weighted by atomic mass is 16.3. The van der Waals surface area contributed by atoms with Crippen LogP contribution in [0.5, 0.6) is 5.75 Å². The highest BCUT2D eigenvalue weighted by Crippen LogP contribution is 2.11. The summed E-state index contributed by atoms with van der Waals surface area (Å²) in [5, 5.41) is 9.08. The van der Waals surface area contributed by atoms with Crippen molar-refractivity contribution in [2.45, 2.75) is 26.3 Å². The van der Waals surface area contributed by atoms with Crippen LogP contribution in [-0.4, -0.2) is 16.9 Å². The first-order chi connectivity index (χ1) is 7.00. The van der Waals surface area contributed by atoms with Gasteiger partial charge in [0.25, 0.3) is 0 Å². The first-order valence-corrected chi connectivity index (χ1v) is 5.07. The van der Waals surface area contributed by atoms with E-state index < -0.39 is 6.04 Å². The van der Waals surface area contributed by atoms with Crippen molar-refractivity contribution >= 4 is 5.78 Å². The van der Waals surface area contributed by atoms with Crippen molar-refractivity contribution in [2.24, 2.45) is 11.7 Å². The molecule has 0 fully saturated rings. The van der Waals surface area contributed by atoms with Crippen molar-refractivity contribution in [1.82, 2.24) is 0 Å². The van der Waals surface area contributed by atoms with Crippen LogP contribution in [0.15, 0.2) is 24.3 Å². The van der Waals surface area contributed by atoms with Gasteiger partial charge in [-0.25, -0.2) is 0 Å². The van der Waals surface area contributed by atoms with E-state index in [1.165, 1.54) is 0 Å². The molecule has 1 aromatic rings. The summed E-state index contributed by atoms with van der Waals surface area (Å²) in [4.78, 5) is 11.7. The number of rotatable bonds is 4. The van der Waals surface area contributed by atoms with Crippen LogP contribution in [0, 0.1) is 5.92 Å². The first kappa shape index (κ1) is 11.7. The predicted octanol–water partition coefficient (Wildman–Crippen LogP) is 1.49. The molecular formula is C12H17NO2. The maximum absolute atomic E-state index is 11.7. The molecule has 0 saturated heterocycles. The fraction of sp³-hybridized carbons (Fsp3) is 0.417. The van der Waals surface area contributed by atoms with Gasteiger partial charge in [0.15, 0.2) is 5.78 Å². The monoisotopic (exact) mass is 207 g/mol. The molecule has 0 aliphatic heterocycles. The van der Waals surface area contributed by atoms with Crippen LogP contribution in [0.4, 0.5) is 0 Å². The summed E-state index contributed by atoms with van der Waals surface area (Å²) in [7, 11) is 0. The molecule has 0 aliphatic rings. The number of nitrogens with two attached hydrogens (primary N) is 1.